The first kappa shape index (κ1) is 16.2. The third-order valence-corrected chi connectivity index (χ3v) is 4.00. The summed E-state index contributed by atoms with van der Waals surface area (Å²) in [4.78, 5) is 30.0. The van der Waals surface area contributed by atoms with E-state index >= 15 is 0 Å². The number of hydrogen-bond donors (Lipinski definition) is 1. The molecule has 1 saturated heterocycles. The Hall–Kier alpha value is -2.67. The predicted octanol–water partition coefficient (Wildman–Crippen LogP) is 1.48. The number of nitrogens with zero attached hydrogens (tertiary/aromatic N) is 2. The van der Waals surface area contributed by atoms with Crippen molar-refractivity contribution in [3.8, 4) is 5.75 Å². The molecular weight excluding hydrogens is 312 g/mol. The number of carbonyl (C=O) groups excluding carboxylic acids is 1. The first-order valence-corrected chi connectivity index (χ1v) is 7.58. The van der Waals surface area contributed by atoms with Crippen LogP contribution in [0.25, 0.3) is 10.9 Å². The second-order valence-corrected chi connectivity index (χ2v) is 5.64. The number of aromatic nitrogens is 1. The summed E-state index contributed by atoms with van der Waals surface area (Å²) in [5.74, 6) is -0.661. The van der Waals surface area contributed by atoms with Crippen LogP contribution < -0.4 is 4.74 Å². The number of rotatable bonds is 3. The van der Waals surface area contributed by atoms with Gasteiger partial charge in [0.2, 0.25) is 0 Å². The molecule has 7 nitrogen and oxygen atoms in total. The number of hydrogen-bond acceptors (Lipinski definition) is 5. The van der Waals surface area contributed by atoms with E-state index in [0.717, 1.165) is 5.69 Å². The molecule has 1 aliphatic rings. The molecule has 1 amide bonds. The van der Waals surface area contributed by atoms with Gasteiger partial charge in [-0.25, -0.2) is 4.79 Å². The first-order valence-electron chi connectivity index (χ1n) is 7.58. The van der Waals surface area contributed by atoms with Gasteiger partial charge in [0.05, 0.1) is 31.3 Å². The van der Waals surface area contributed by atoms with Crippen molar-refractivity contribution in [2.24, 2.45) is 0 Å². The number of fused-ring (bicyclic) bond motifs is 1. The third kappa shape index (κ3) is 3.03. The monoisotopic (exact) mass is 330 g/mol. The predicted molar refractivity (Wildman–Crippen MR) is 86.3 cm³/mol. The maximum absolute atomic E-state index is 12.9. The fourth-order valence-corrected chi connectivity index (χ4v) is 2.79. The van der Waals surface area contributed by atoms with Crippen LogP contribution in [-0.2, 0) is 9.53 Å². The quantitative estimate of drug-likeness (QED) is 0.917. The Morgan fingerprint density at radius 3 is 2.88 bits per heavy atom. The van der Waals surface area contributed by atoms with E-state index in [2.05, 4.69) is 4.98 Å². The van der Waals surface area contributed by atoms with E-state index in [9.17, 15) is 9.59 Å². The van der Waals surface area contributed by atoms with Crippen molar-refractivity contribution in [1.82, 2.24) is 9.88 Å². The van der Waals surface area contributed by atoms with E-state index in [1.807, 2.05) is 6.92 Å². The molecule has 1 aromatic carbocycles. The molecule has 0 radical (unpaired) electrons. The molecule has 0 spiro atoms. The van der Waals surface area contributed by atoms with Crippen LogP contribution in [0.2, 0.25) is 0 Å². The highest BCUT2D eigenvalue weighted by atomic mass is 16.5. The van der Waals surface area contributed by atoms with Crippen LogP contribution in [0.5, 0.6) is 5.75 Å². The van der Waals surface area contributed by atoms with Gasteiger partial charge in [-0.3, -0.25) is 9.78 Å². The number of pyridine rings is 1. The number of aryl methyl sites for hydroxylation is 1. The minimum absolute atomic E-state index is 0.0288. The van der Waals surface area contributed by atoms with Gasteiger partial charge >= 0.3 is 5.97 Å². The lowest BCUT2D eigenvalue weighted by molar-refractivity contribution is -0.154. The summed E-state index contributed by atoms with van der Waals surface area (Å²) >= 11 is 0. The van der Waals surface area contributed by atoms with Gasteiger partial charge in [-0.2, -0.15) is 0 Å². The molecule has 24 heavy (non-hydrogen) atoms. The molecule has 1 aromatic heterocycles. The maximum atomic E-state index is 12.9. The summed E-state index contributed by atoms with van der Waals surface area (Å²) in [5.41, 5.74) is 1.91. The number of aliphatic carboxylic acids is 1. The molecule has 3 rings (SSSR count). The molecule has 1 atom stereocenters. The number of morpholine rings is 1. The first-order chi connectivity index (χ1) is 11.5. The molecule has 0 bridgehead atoms. The van der Waals surface area contributed by atoms with E-state index < -0.39 is 12.1 Å². The number of benzene rings is 1. The van der Waals surface area contributed by atoms with Gasteiger partial charge in [0, 0.05) is 17.6 Å². The molecule has 2 heterocycles. The van der Waals surface area contributed by atoms with Crippen molar-refractivity contribution in [1.29, 1.82) is 0 Å². The van der Waals surface area contributed by atoms with Crippen LogP contribution in [0.15, 0.2) is 24.3 Å². The summed E-state index contributed by atoms with van der Waals surface area (Å²) in [6, 6.07) is 7.08. The zero-order valence-electron chi connectivity index (χ0n) is 13.5. The average molecular weight is 330 g/mol. The second kappa shape index (κ2) is 6.45. The van der Waals surface area contributed by atoms with Gasteiger partial charge in [0.25, 0.3) is 5.91 Å². The standard InChI is InChI=1S/C17H18N2O5/c1-10-7-13(12-8-11(23-2)3-4-14(12)18-10)16(20)19-5-6-24-15(9-19)17(21)22/h3-4,7-8,15H,5-6,9H2,1-2H3,(H,21,22)/t15-/m1/s1. The summed E-state index contributed by atoms with van der Waals surface area (Å²) in [5, 5.41) is 9.79. The summed E-state index contributed by atoms with van der Waals surface area (Å²) in [6.45, 7) is 2.41. The van der Waals surface area contributed by atoms with E-state index in [1.165, 1.54) is 4.90 Å². The normalized spacial score (nSPS) is 17.8. The van der Waals surface area contributed by atoms with E-state index in [-0.39, 0.29) is 19.1 Å². The molecule has 0 saturated carbocycles. The lowest BCUT2D eigenvalue weighted by Gasteiger charge is -2.31. The van der Waals surface area contributed by atoms with Gasteiger partial charge in [-0.15, -0.1) is 0 Å². The van der Waals surface area contributed by atoms with E-state index in [4.69, 9.17) is 14.6 Å². The van der Waals surface area contributed by atoms with Crippen LogP contribution >= 0.6 is 0 Å². The van der Waals surface area contributed by atoms with Gasteiger partial charge in [-0.1, -0.05) is 0 Å². The summed E-state index contributed by atoms with van der Waals surface area (Å²) in [7, 11) is 1.56. The Balaban J connectivity index is 2.01. The number of ether oxygens (including phenoxy) is 2. The van der Waals surface area contributed by atoms with Crippen molar-refractivity contribution < 1.29 is 24.2 Å². The Morgan fingerprint density at radius 1 is 1.38 bits per heavy atom. The Labute approximate surface area is 138 Å². The fraction of sp³-hybridized carbons (Fsp3) is 0.353. The Kier molecular flexibility index (Phi) is 4.35. The molecule has 0 unspecified atom stereocenters. The van der Waals surface area contributed by atoms with Gasteiger partial charge in [-0.05, 0) is 31.2 Å². The SMILES string of the molecule is COc1ccc2nc(C)cc(C(=O)N3CCO[C@@H](C(=O)O)C3)c2c1. The summed E-state index contributed by atoms with van der Waals surface area (Å²) < 4.78 is 10.4. The molecule has 1 N–H and O–H groups in total. The third-order valence-electron chi connectivity index (χ3n) is 4.00. The molecule has 1 fully saturated rings. The zero-order valence-corrected chi connectivity index (χ0v) is 13.5. The minimum Gasteiger partial charge on any atom is -0.497 e. The number of carboxylic acids is 1. The highest BCUT2D eigenvalue weighted by Gasteiger charge is 2.30. The molecule has 2 aromatic rings. The highest BCUT2D eigenvalue weighted by molar-refractivity contribution is 6.06. The minimum atomic E-state index is -1.06. The largest absolute Gasteiger partial charge is 0.497 e. The van der Waals surface area contributed by atoms with Crippen LogP contribution in [-0.4, -0.2) is 59.8 Å². The van der Waals surface area contributed by atoms with Gasteiger partial charge < -0.3 is 19.5 Å². The molecule has 1 aliphatic heterocycles. The van der Waals surface area contributed by atoms with Crippen molar-refractivity contribution >= 4 is 22.8 Å². The smallest absolute Gasteiger partial charge is 0.334 e. The van der Waals surface area contributed by atoms with E-state index in [0.29, 0.717) is 28.8 Å². The lowest BCUT2D eigenvalue weighted by atomic mass is 10.1. The second-order valence-electron chi connectivity index (χ2n) is 5.64. The fourth-order valence-electron chi connectivity index (χ4n) is 2.79. The summed E-state index contributed by atoms with van der Waals surface area (Å²) in [6.07, 6.45) is -0.994. The number of carbonyl (C=O) groups is 2. The van der Waals surface area contributed by atoms with Crippen molar-refractivity contribution in [3.63, 3.8) is 0 Å². The van der Waals surface area contributed by atoms with Crippen LogP contribution in [0.1, 0.15) is 16.1 Å². The molecular formula is C17H18N2O5. The van der Waals surface area contributed by atoms with Crippen LogP contribution in [0, 0.1) is 6.92 Å². The van der Waals surface area contributed by atoms with Crippen LogP contribution in [0.3, 0.4) is 0 Å². The van der Waals surface area contributed by atoms with Gasteiger partial charge in [0.15, 0.2) is 6.10 Å². The maximum Gasteiger partial charge on any atom is 0.334 e. The Morgan fingerprint density at radius 2 is 2.17 bits per heavy atom. The van der Waals surface area contributed by atoms with Crippen molar-refractivity contribution in [2.75, 3.05) is 26.8 Å². The highest BCUT2D eigenvalue weighted by Crippen LogP contribution is 2.25. The van der Waals surface area contributed by atoms with Crippen molar-refractivity contribution in [3.05, 3.63) is 35.5 Å². The molecule has 126 valence electrons. The number of amides is 1. The Bertz CT molecular complexity index is 805. The number of methoxy groups -OCH3 is 1. The number of carboxylic acid groups (broad SMARTS) is 1. The molecule has 7 heteroatoms. The topological polar surface area (TPSA) is 89.0 Å². The lowest BCUT2D eigenvalue weighted by Crippen LogP contribution is -2.48. The van der Waals surface area contributed by atoms with Crippen molar-refractivity contribution in [2.45, 2.75) is 13.0 Å². The molecule has 0 aliphatic carbocycles. The van der Waals surface area contributed by atoms with E-state index in [1.54, 1.807) is 31.4 Å². The average Bonchev–Trinajstić information content (AvgIpc) is 2.60. The van der Waals surface area contributed by atoms with Gasteiger partial charge in [0.1, 0.15) is 5.75 Å². The zero-order chi connectivity index (χ0) is 17.3. The van der Waals surface area contributed by atoms with Crippen LogP contribution in [0.4, 0.5) is 0 Å².